The highest BCUT2D eigenvalue weighted by Gasteiger charge is 2.47. The second-order valence-corrected chi connectivity index (χ2v) is 11.7. The summed E-state index contributed by atoms with van der Waals surface area (Å²) in [5.41, 5.74) is 4.68. The summed E-state index contributed by atoms with van der Waals surface area (Å²) in [4.78, 5) is 41.2. The predicted octanol–water partition coefficient (Wildman–Crippen LogP) is 6.39. The molecular weight excluding hydrogens is 426 g/mol. The summed E-state index contributed by atoms with van der Waals surface area (Å²) in [6.07, 6.45) is 4.34. The molecule has 1 heterocycles. The van der Waals surface area contributed by atoms with Gasteiger partial charge in [0.1, 0.15) is 0 Å². The van der Waals surface area contributed by atoms with Crippen molar-refractivity contribution in [2.24, 2.45) is 16.7 Å². The van der Waals surface area contributed by atoms with Crippen molar-refractivity contribution < 1.29 is 19.1 Å². The molecule has 0 aromatic heterocycles. The van der Waals surface area contributed by atoms with Crippen molar-refractivity contribution >= 4 is 23.2 Å². The zero-order chi connectivity index (χ0) is 24.8. The Hall–Kier alpha value is -2.69. The number of rotatable bonds is 5. The van der Waals surface area contributed by atoms with Crippen molar-refractivity contribution in [2.45, 2.75) is 80.1 Å². The van der Waals surface area contributed by atoms with Crippen LogP contribution < -0.4 is 4.90 Å². The molecule has 1 aromatic carbocycles. The van der Waals surface area contributed by atoms with Crippen LogP contribution in [-0.4, -0.2) is 24.1 Å². The Bertz CT molecular complexity index is 1030. The molecule has 0 bridgehead atoms. The topological polar surface area (TPSA) is 63.7 Å². The molecule has 0 amide bonds. The third-order valence-electron chi connectivity index (χ3n) is 7.29. The van der Waals surface area contributed by atoms with Crippen LogP contribution in [0.1, 0.15) is 90.4 Å². The molecule has 1 aliphatic heterocycles. The van der Waals surface area contributed by atoms with Crippen LogP contribution in [0.2, 0.25) is 0 Å². The van der Waals surface area contributed by atoms with Gasteiger partial charge in [0, 0.05) is 47.0 Å². The van der Waals surface area contributed by atoms with Crippen LogP contribution >= 0.6 is 0 Å². The average Bonchev–Trinajstić information content (AvgIpc) is 2.71. The number of ketones is 2. The predicted molar refractivity (Wildman–Crippen MR) is 133 cm³/mol. The highest BCUT2D eigenvalue weighted by atomic mass is 16.5. The minimum absolute atomic E-state index is 0.143. The molecule has 0 radical (unpaired) electrons. The normalized spacial score (nSPS) is 22.0. The number of hydrogen-bond acceptors (Lipinski definition) is 5. The Balaban J connectivity index is 1.79. The van der Waals surface area contributed by atoms with E-state index in [0.717, 1.165) is 53.9 Å². The fraction of sp³-hybridized carbons (Fsp3) is 0.552. The molecule has 0 unspecified atom stereocenters. The number of hydrogen-bond donors (Lipinski definition) is 0. The van der Waals surface area contributed by atoms with Crippen molar-refractivity contribution in [3.63, 3.8) is 0 Å². The molecule has 0 spiro atoms. The Morgan fingerprint density at radius 2 is 1.41 bits per heavy atom. The summed E-state index contributed by atoms with van der Waals surface area (Å²) in [5.74, 6) is -0.218. The summed E-state index contributed by atoms with van der Waals surface area (Å²) in [6.45, 7) is 13.0. The van der Waals surface area contributed by atoms with E-state index in [4.69, 9.17) is 4.74 Å². The zero-order valence-corrected chi connectivity index (χ0v) is 21.4. The number of carbonyl (C=O) groups excluding carboxylic acids is 3. The van der Waals surface area contributed by atoms with Gasteiger partial charge in [-0.05, 0) is 54.4 Å². The van der Waals surface area contributed by atoms with Crippen molar-refractivity contribution in [3.8, 4) is 0 Å². The van der Waals surface area contributed by atoms with Gasteiger partial charge < -0.3 is 9.64 Å². The van der Waals surface area contributed by atoms with Crippen molar-refractivity contribution in [1.82, 2.24) is 0 Å². The van der Waals surface area contributed by atoms with Gasteiger partial charge in [-0.1, -0.05) is 48.0 Å². The van der Waals surface area contributed by atoms with E-state index in [1.165, 1.54) is 0 Å². The molecule has 5 heteroatoms. The van der Waals surface area contributed by atoms with Crippen LogP contribution in [-0.2, 0) is 14.3 Å². The van der Waals surface area contributed by atoms with Gasteiger partial charge in [0.15, 0.2) is 11.6 Å². The first-order valence-electron chi connectivity index (χ1n) is 12.5. The minimum Gasteiger partial charge on any atom is -0.462 e. The van der Waals surface area contributed by atoms with Crippen LogP contribution in [0.5, 0.6) is 0 Å². The molecule has 4 rings (SSSR count). The van der Waals surface area contributed by atoms with Gasteiger partial charge in [0.2, 0.25) is 0 Å². The van der Waals surface area contributed by atoms with Gasteiger partial charge >= 0.3 is 5.97 Å². The standard InChI is InChI=1S/C29H37NO4/c1-7-8-13-34-27(33)19-9-11-20(12-10-19)30-21-14-28(3,4)16-23(31)25(21)18(2)26-22(30)15-29(5,6)17-24(26)32/h9-12,18H,7-8,13-17H2,1-6H3. The quantitative estimate of drug-likeness (QED) is 0.374. The number of anilines is 1. The van der Waals surface area contributed by atoms with E-state index in [0.29, 0.717) is 25.0 Å². The van der Waals surface area contributed by atoms with Crippen LogP contribution in [0.25, 0.3) is 0 Å². The summed E-state index contributed by atoms with van der Waals surface area (Å²) in [5, 5.41) is 0. The smallest absolute Gasteiger partial charge is 0.338 e. The maximum absolute atomic E-state index is 13.3. The molecule has 5 nitrogen and oxygen atoms in total. The molecule has 0 N–H and O–H groups in total. The van der Waals surface area contributed by atoms with Gasteiger partial charge in [-0.2, -0.15) is 0 Å². The summed E-state index contributed by atoms with van der Waals surface area (Å²) in [7, 11) is 0. The molecule has 0 fully saturated rings. The van der Waals surface area contributed by atoms with Gasteiger partial charge in [-0.25, -0.2) is 4.79 Å². The molecule has 0 saturated carbocycles. The number of benzene rings is 1. The van der Waals surface area contributed by atoms with E-state index in [2.05, 4.69) is 39.5 Å². The highest BCUT2D eigenvalue weighted by molar-refractivity contribution is 6.06. The van der Waals surface area contributed by atoms with Crippen LogP contribution in [0, 0.1) is 16.7 Å². The van der Waals surface area contributed by atoms with E-state index in [9.17, 15) is 14.4 Å². The maximum Gasteiger partial charge on any atom is 0.338 e. The molecule has 34 heavy (non-hydrogen) atoms. The summed E-state index contributed by atoms with van der Waals surface area (Å²) in [6, 6.07) is 7.40. The number of unbranched alkanes of at least 4 members (excludes halogenated alkanes) is 1. The van der Waals surface area contributed by atoms with Gasteiger partial charge in [0.05, 0.1) is 12.2 Å². The Morgan fingerprint density at radius 3 is 1.88 bits per heavy atom. The molecule has 2 aliphatic carbocycles. The number of allylic oxidation sites excluding steroid dienone is 4. The van der Waals surface area contributed by atoms with E-state index in [1.54, 1.807) is 12.1 Å². The van der Waals surface area contributed by atoms with Crippen molar-refractivity contribution in [3.05, 3.63) is 52.4 Å². The lowest BCUT2D eigenvalue weighted by atomic mass is 9.65. The highest BCUT2D eigenvalue weighted by Crippen LogP contribution is 2.52. The lowest BCUT2D eigenvalue weighted by molar-refractivity contribution is -0.119. The minimum atomic E-state index is -0.324. The molecule has 0 saturated heterocycles. The first kappa shape index (κ1) is 24.4. The van der Waals surface area contributed by atoms with E-state index in [-0.39, 0.29) is 34.3 Å². The van der Waals surface area contributed by atoms with Crippen molar-refractivity contribution in [1.29, 1.82) is 0 Å². The number of nitrogens with zero attached hydrogens (tertiary/aromatic N) is 1. The second-order valence-electron chi connectivity index (χ2n) is 11.7. The molecule has 1 aromatic rings. The maximum atomic E-state index is 13.3. The largest absolute Gasteiger partial charge is 0.462 e. The van der Waals surface area contributed by atoms with E-state index in [1.807, 2.05) is 19.1 Å². The number of carbonyl (C=O) groups is 3. The molecule has 0 atom stereocenters. The van der Waals surface area contributed by atoms with Crippen LogP contribution in [0.4, 0.5) is 5.69 Å². The van der Waals surface area contributed by atoms with Gasteiger partial charge in [-0.3, -0.25) is 9.59 Å². The first-order valence-corrected chi connectivity index (χ1v) is 12.5. The van der Waals surface area contributed by atoms with Crippen LogP contribution in [0.3, 0.4) is 0 Å². The fourth-order valence-electron chi connectivity index (χ4n) is 5.74. The Kier molecular flexibility index (Phi) is 6.34. The first-order chi connectivity index (χ1) is 15.9. The third-order valence-corrected chi connectivity index (χ3v) is 7.29. The third kappa shape index (κ3) is 4.49. The second kappa shape index (κ2) is 8.83. The van der Waals surface area contributed by atoms with Gasteiger partial charge in [-0.15, -0.1) is 0 Å². The average molecular weight is 464 g/mol. The number of ether oxygens (including phenoxy) is 1. The lowest BCUT2D eigenvalue weighted by Gasteiger charge is -2.48. The van der Waals surface area contributed by atoms with E-state index < -0.39 is 0 Å². The zero-order valence-electron chi connectivity index (χ0n) is 21.4. The SMILES string of the molecule is CCCCOC(=O)c1ccc(N2C3=C(C(=O)CC(C)(C)C3)C(C)C3=C2CC(C)(C)CC3=O)cc1. The molecule has 182 valence electrons. The Labute approximate surface area is 203 Å². The molecular formula is C29H37NO4. The van der Waals surface area contributed by atoms with Crippen molar-refractivity contribution in [2.75, 3.05) is 11.5 Å². The van der Waals surface area contributed by atoms with Gasteiger partial charge in [0.25, 0.3) is 0 Å². The van der Waals surface area contributed by atoms with Crippen LogP contribution in [0.15, 0.2) is 46.8 Å². The monoisotopic (exact) mass is 463 g/mol. The summed E-state index contributed by atoms with van der Waals surface area (Å²) < 4.78 is 5.36. The number of Topliss-reactive ketones (excluding diaryl/α,β-unsaturated/α-hetero) is 2. The number of esters is 1. The van der Waals surface area contributed by atoms with E-state index >= 15 is 0 Å². The molecule has 3 aliphatic rings. The fourth-order valence-corrected chi connectivity index (χ4v) is 5.74. The Morgan fingerprint density at radius 1 is 0.912 bits per heavy atom. The lowest BCUT2D eigenvalue weighted by Crippen LogP contribution is -2.44. The summed E-state index contributed by atoms with van der Waals surface area (Å²) >= 11 is 0.